The predicted molar refractivity (Wildman–Crippen MR) is 119 cm³/mol. The first-order chi connectivity index (χ1) is 15.6. The van der Waals surface area contributed by atoms with Crippen LogP contribution < -0.4 is 0 Å². The van der Waals surface area contributed by atoms with Crippen LogP contribution in [-0.4, -0.2) is 124 Å². The van der Waals surface area contributed by atoms with Crippen LogP contribution in [0.5, 0.6) is 0 Å². The van der Waals surface area contributed by atoms with Crippen molar-refractivity contribution in [2.24, 2.45) is 5.92 Å². The van der Waals surface area contributed by atoms with E-state index in [1.54, 1.807) is 4.90 Å². The highest BCUT2D eigenvalue weighted by Gasteiger charge is 2.56. The summed E-state index contributed by atoms with van der Waals surface area (Å²) in [4.78, 5) is 48.6. The summed E-state index contributed by atoms with van der Waals surface area (Å²) in [6, 6.07) is -0.680. The van der Waals surface area contributed by atoms with Crippen LogP contribution in [0.4, 0.5) is 0 Å². The molecule has 2 aliphatic heterocycles. The Morgan fingerprint density at radius 3 is 2.06 bits per heavy atom. The van der Waals surface area contributed by atoms with Gasteiger partial charge in [0.2, 0.25) is 21.8 Å². The maximum absolute atomic E-state index is 12.6. The summed E-state index contributed by atoms with van der Waals surface area (Å²) in [6.45, 7) is 3.35. The number of likely N-dealkylation sites (tertiary alicyclic amines) is 1. The van der Waals surface area contributed by atoms with Crippen molar-refractivity contribution in [3.63, 3.8) is 0 Å². The summed E-state index contributed by atoms with van der Waals surface area (Å²) in [6.07, 6.45) is -0.293. The quantitative estimate of drug-likeness (QED) is 0.265. The molecule has 0 aliphatic carbocycles. The van der Waals surface area contributed by atoms with Crippen LogP contribution in [0.3, 0.4) is 0 Å². The molecule has 34 heavy (non-hydrogen) atoms. The van der Waals surface area contributed by atoms with E-state index in [-0.39, 0.29) is 23.9 Å². The van der Waals surface area contributed by atoms with Gasteiger partial charge in [-0.3, -0.25) is 9.59 Å². The van der Waals surface area contributed by atoms with Gasteiger partial charge >= 0.3 is 11.9 Å². The lowest BCUT2D eigenvalue weighted by molar-refractivity contribution is -0.165. The van der Waals surface area contributed by atoms with Crippen LogP contribution >= 0.6 is 0 Å². The molecule has 0 aromatic carbocycles. The number of hydrogen-bond donors (Lipinski definition) is 4. The molecule has 2 saturated heterocycles. The molecule has 0 saturated carbocycles. The fourth-order valence-corrected chi connectivity index (χ4v) is 5.46. The Hall–Kier alpha value is -2.29. The van der Waals surface area contributed by atoms with E-state index >= 15 is 0 Å². The SMILES string of the molecule is CCC[C@H]1C(=O)N(S(C)(=O)=O)[C@H]2CCN(C(=O)CCCN(C)C)[C@H]12.O=C(O)C(O)C(O)C(=O)O. The fourth-order valence-electron chi connectivity index (χ4n) is 4.28. The molecule has 0 aromatic heterocycles. The molecule has 0 aromatic rings. The van der Waals surface area contributed by atoms with Gasteiger partial charge in [0.1, 0.15) is 0 Å². The van der Waals surface area contributed by atoms with Gasteiger partial charge in [-0.05, 0) is 39.9 Å². The zero-order valence-electron chi connectivity index (χ0n) is 19.8. The van der Waals surface area contributed by atoms with Crippen LogP contribution in [0.2, 0.25) is 0 Å². The van der Waals surface area contributed by atoms with E-state index in [2.05, 4.69) is 0 Å². The van der Waals surface area contributed by atoms with Gasteiger partial charge < -0.3 is 30.2 Å². The van der Waals surface area contributed by atoms with Crippen LogP contribution in [0.15, 0.2) is 0 Å². The van der Waals surface area contributed by atoms with Gasteiger partial charge in [-0.25, -0.2) is 22.3 Å². The predicted octanol–water partition coefficient (Wildman–Crippen LogP) is -1.61. The maximum Gasteiger partial charge on any atom is 0.335 e. The number of amides is 2. The van der Waals surface area contributed by atoms with E-state index in [0.717, 1.165) is 29.9 Å². The number of aliphatic carboxylic acids is 2. The van der Waals surface area contributed by atoms with Crippen molar-refractivity contribution in [3.8, 4) is 0 Å². The second-order valence-corrected chi connectivity index (χ2v) is 10.6. The Bertz CT molecular complexity index is 845. The Morgan fingerprint density at radius 1 is 1.12 bits per heavy atom. The normalized spacial score (nSPS) is 23.9. The molecule has 196 valence electrons. The lowest BCUT2D eigenvalue weighted by Crippen LogP contribution is -2.43. The number of aliphatic hydroxyl groups excluding tert-OH is 2. The zero-order valence-corrected chi connectivity index (χ0v) is 20.6. The highest BCUT2D eigenvalue weighted by molar-refractivity contribution is 7.88. The molecule has 2 unspecified atom stereocenters. The first kappa shape index (κ1) is 29.7. The summed E-state index contributed by atoms with van der Waals surface area (Å²) in [5.74, 6) is -4.23. The summed E-state index contributed by atoms with van der Waals surface area (Å²) >= 11 is 0. The van der Waals surface area contributed by atoms with Gasteiger partial charge in [0.05, 0.1) is 24.3 Å². The van der Waals surface area contributed by atoms with Gasteiger partial charge in [-0.15, -0.1) is 0 Å². The van der Waals surface area contributed by atoms with Crippen molar-refractivity contribution in [1.29, 1.82) is 0 Å². The number of carboxylic acids is 2. The molecule has 0 radical (unpaired) electrons. The van der Waals surface area contributed by atoms with Crippen LogP contribution in [0, 0.1) is 5.92 Å². The van der Waals surface area contributed by atoms with Crippen molar-refractivity contribution >= 4 is 33.8 Å². The van der Waals surface area contributed by atoms with Crippen molar-refractivity contribution in [2.75, 3.05) is 33.4 Å². The van der Waals surface area contributed by atoms with E-state index in [0.29, 0.717) is 25.8 Å². The number of carbonyl (C=O) groups is 4. The first-order valence-corrected chi connectivity index (χ1v) is 12.8. The van der Waals surface area contributed by atoms with Gasteiger partial charge in [0, 0.05) is 13.0 Å². The number of rotatable bonds is 10. The minimum Gasteiger partial charge on any atom is -0.479 e. The average Bonchev–Trinajstić information content (AvgIpc) is 3.24. The monoisotopic (exact) mass is 509 g/mol. The highest BCUT2D eigenvalue weighted by Crippen LogP contribution is 2.40. The molecule has 2 aliphatic rings. The van der Waals surface area contributed by atoms with Crippen LogP contribution in [0.25, 0.3) is 0 Å². The Kier molecular flexibility index (Phi) is 10.9. The van der Waals surface area contributed by atoms with E-state index in [1.807, 2.05) is 25.9 Å². The molecule has 5 atom stereocenters. The number of carboxylic acid groups (broad SMARTS) is 2. The maximum atomic E-state index is 12.6. The van der Waals surface area contributed by atoms with E-state index in [1.165, 1.54) is 0 Å². The molecular weight excluding hydrogens is 474 g/mol. The van der Waals surface area contributed by atoms with Gasteiger partial charge in [-0.2, -0.15) is 0 Å². The molecule has 2 heterocycles. The minimum absolute atomic E-state index is 0.0357. The number of sulfonamides is 1. The molecule has 2 amide bonds. The van der Waals surface area contributed by atoms with E-state index < -0.39 is 40.1 Å². The Balaban J connectivity index is 0.000000489. The number of hydrogen-bond acceptors (Lipinski definition) is 9. The number of nitrogens with zero attached hydrogens (tertiary/aromatic N) is 3. The third kappa shape index (κ3) is 7.35. The third-order valence-electron chi connectivity index (χ3n) is 5.75. The molecular formula is C20H35N3O10S. The minimum atomic E-state index is -3.60. The highest BCUT2D eigenvalue weighted by atomic mass is 32.2. The molecule has 13 nitrogen and oxygen atoms in total. The van der Waals surface area contributed by atoms with Crippen LogP contribution in [0.1, 0.15) is 39.0 Å². The molecule has 14 heteroatoms. The summed E-state index contributed by atoms with van der Waals surface area (Å²) in [5, 5.41) is 32.5. The van der Waals surface area contributed by atoms with E-state index in [4.69, 9.17) is 20.4 Å². The van der Waals surface area contributed by atoms with Gasteiger partial charge in [-0.1, -0.05) is 13.3 Å². The molecule has 2 fully saturated rings. The van der Waals surface area contributed by atoms with Crippen molar-refractivity contribution in [3.05, 3.63) is 0 Å². The van der Waals surface area contributed by atoms with Crippen molar-refractivity contribution < 1.29 is 48.0 Å². The third-order valence-corrected chi connectivity index (χ3v) is 6.91. The first-order valence-electron chi connectivity index (χ1n) is 10.9. The molecule has 0 bridgehead atoms. The summed E-state index contributed by atoms with van der Waals surface area (Å²) in [7, 11) is 0.336. The topological polar surface area (TPSA) is 193 Å². The Morgan fingerprint density at radius 2 is 1.65 bits per heavy atom. The molecule has 4 N–H and O–H groups in total. The van der Waals surface area contributed by atoms with Gasteiger partial charge in [0.25, 0.3) is 0 Å². The average molecular weight is 510 g/mol. The van der Waals surface area contributed by atoms with Crippen molar-refractivity contribution in [2.45, 2.75) is 63.3 Å². The second kappa shape index (κ2) is 12.4. The zero-order chi connectivity index (χ0) is 26.4. The number of fused-ring (bicyclic) bond motifs is 1. The summed E-state index contributed by atoms with van der Waals surface area (Å²) < 4.78 is 25.2. The lowest BCUT2D eigenvalue weighted by atomic mass is 9.94. The summed E-state index contributed by atoms with van der Waals surface area (Å²) in [5.41, 5.74) is 0. The van der Waals surface area contributed by atoms with Gasteiger partial charge in [0.15, 0.2) is 12.2 Å². The fraction of sp³-hybridized carbons (Fsp3) is 0.800. The Labute approximate surface area is 199 Å². The van der Waals surface area contributed by atoms with Crippen molar-refractivity contribution in [1.82, 2.24) is 14.1 Å². The lowest BCUT2D eigenvalue weighted by Gasteiger charge is -2.27. The largest absolute Gasteiger partial charge is 0.479 e. The smallest absolute Gasteiger partial charge is 0.335 e. The van der Waals surface area contributed by atoms with Crippen LogP contribution in [-0.2, 0) is 29.2 Å². The second-order valence-electron chi connectivity index (χ2n) is 8.70. The molecule has 0 spiro atoms. The number of carbonyl (C=O) groups excluding carboxylic acids is 2. The number of aliphatic hydroxyl groups is 2. The van der Waals surface area contributed by atoms with E-state index in [9.17, 15) is 27.6 Å². The molecule has 2 rings (SSSR count). The standard InChI is InChI=1S/C16H29N3O4S.C4H6O6/c1-5-7-12-15-13(19(16(12)21)24(4,22)23)9-11-18(15)14(20)8-6-10-17(2)3;5-1(3(7)8)2(6)4(9)10/h12-13,15H,5-11H2,1-4H3;1-2,5-6H,(H,7,8)(H,9,10)/t12-,13+,15-;/m1./s1.